The van der Waals surface area contributed by atoms with Crippen molar-refractivity contribution in [3.63, 3.8) is 0 Å². The number of hydroxylamine groups is 2. The zero-order valence-electron chi connectivity index (χ0n) is 15.0. The number of rotatable bonds is 6. The monoisotopic (exact) mass is 394 g/mol. The van der Waals surface area contributed by atoms with Crippen LogP contribution in [0.25, 0.3) is 11.0 Å². The van der Waals surface area contributed by atoms with Gasteiger partial charge in [0.05, 0.1) is 11.1 Å². The Balaban J connectivity index is 1.27. The molecule has 2 aromatic carbocycles. The molecule has 2 amide bonds. The summed E-state index contributed by atoms with van der Waals surface area (Å²) >= 11 is 0. The summed E-state index contributed by atoms with van der Waals surface area (Å²) in [6, 6.07) is 13.1. The molecule has 1 aromatic heterocycles. The van der Waals surface area contributed by atoms with Gasteiger partial charge < -0.3 is 9.68 Å². The number of hydrogen-bond donors (Lipinski definition) is 0. The van der Waals surface area contributed by atoms with E-state index >= 15 is 0 Å². The van der Waals surface area contributed by atoms with Crippen LogP contribution in [0, 0.1) is 0 Å². The third kappa shape index (κ3) is 3.55. The summed E-state index contributed by atoms with van der Waals surface area (Å²) in [6.45, 7) is 0. The van der Waals surface area contributed by atoms with Crippen LogP contribution in [0.4, 0.5) is 0 Å². The molecule has 0 bridgehead atoms. The van der Waals surface area contributed by atoms with Crippen LogP contribution in [0.2, 0.25) is 0 Å². The van der Waals surface area contributed by atoms with Gasteiger partial charge in [0.1, 0.15) is 11.0 Å². The van der Waals surface area contributed by atoms with Crippen molar-refractivity contribution in [2.75, 3.05) is 0 Å². The highest BCUT2D eigenvalue weighted by molar-refractivity contribution is 6.20. The molecule has 2 heterocycles. The van der Waals surface area contributed by atoms with Crippen molar-refractivity contribution < 1.29 is 28.9 Å². The number of aromatic nitrogens is 3. The molecular weight excluding hydrogens is 380 g/mol. The SMILES string of the molecule is O=C(CCCC(=O)On1nnc2ccccc21)ON1C(=O)c2ccccc2C1=O. The Hall–Kier alpha value is -4.08. The summed E-state index contributed by atoms with van der Waals surface area (Å²) in [5.41, 5.74) is 1.46. The molecule has 1 aliphatic heterocycles. The Labute approximate surface area is 163 Å². The second kappa shape index (κ2) is 7.50. The van der Waals surface area contributed by atoms with Crippen molar-refractivity contribution in [2.45, 2.75) is 19.3 Å². The van der Waals surface area contributed by atoms with Crippen molar-refractivity contribution in [2.24, 2.45) is 0 Å². The minimum absolute atomic E-state index is 0.0919. The summed E-state index contributed by atoms with van der Waals surface area (Å²) in [6.07, 6.45) is -0.167. The topological polar surface area (TPSA) is 121 Å². The molecule has 0 aliphatic carbocycles. The molecule has 146 valence electrons. The van der Waals surface area contributed by atoms with Crippen LogP contribution in [0.1, 0.15) is 40.0 Å². The van der Waals surface area contributed by atoms with E-state index in [0.717, 1.165) is 4.85 Å². The lowest BCUT2D eigenvalue weighted by Crippen LogP contribution is -2.32. The van der Waals surface area contributed by atoms with Gasteiger partial charge in [-0.1, -0.05) is 34.2 Å². The predicted molar refractivity (Wildman–Crippen MR) is 96.0 cm³/mol. The van der Waals surface area contributed by atoms with Gasteiger partial charge in [-0.3, -0.25) is 9.59 Å². The molecule has 0 saturated carbocycles. The van der Waals surface area contributed by atoms with Gasteiger partial charge in [-0.15, -0.1) is 5.10 Å². The predicted octanol–water partition coefficient (Wildman–Crippen LogP) is 1.31. The van der Waals surface area contributed by atoms with Gasteiger partial charge in [0.25, 0.3) is 11.8 Å². The highest BCUT2D eigenvalue weighted by atomic mass is 16.7. The van der Waals surface area contributed by atoms with Gasteiger partial charge in [0.15, 0.2) is 0 Å². The molecule has 3 aromatic rings. The quantitative estimate of drug-likeness (QED) is 0.453. The Morgan fingerprint density at radius 3 is 2.10 bits per heavy atom. The minimum atomic E-state index is -0.807. The Morgan fingerprint density at radius 1 is 0.828 bits per heavy atom. The molecule has 0 radical (unpaired) electrons. The third-order valence-electron chi connectivity index (χ3n) is 4.22. The van der Waals surface area contributed by atoms with E-state index in [0.29, 0.717) is 16.1 Å². The molecule has 0 saturated heterocycles. The maximum absolute atomic E-state index is 12.1. The lowest BCUT2D eigenvalue weighted by molar-refractivity contribution is -0.168. The van der Waals surface area contributed by atoms with Crippen molar-refractivity contribution >= 4 is 34.8 Å². The Kier molecular flexibility index (Phi) is 4.73. The number of benzene rings is 2. The van der Waals surface area contributed by atoms with E-state index in [9.17, 15) is 19.2 Å². The highest BCUT2D eigenvalue weighted by Gasteiger charge is 2.38. The summed E-state index contributed by atoms with van der Waals surface area (Å²) in [7, 11) is 0. The van der Waals surface area contributed by atoms with E-state index < -0.39 is 23.8 Å². The smallest absolute Gasteiger partial charge is 0.330 e. The zero-order chi connectivity index (χ0) is 20.4. The molecule has 10 heteroatoms. The number of carbonyl (C=O) groups is 4. The van der Waals surface area contributed by atoms with Crippen LogP contribution in [-0.4, -0.2) is 44.0 Å². The second-order valence-corrected chi connectivity index (χ2v) is 6.18. The van der Waals surface area contributed by atoms with Crippen LogP contribution in [-0.2, 0) is 14.4 Å². The van der Waals surface area contributed by atoms with Crippen molar-refractivity contribution in [1.29, 1.82) is 0 Å². The number of carbonyl (C=O) groups excluding carboxylic acids is 4. The number of para-hydroxylation sites is 1. The van der Waals surface area contributed by atoms with Gasteiger partial charge >= 0.3 is 11.9 Å². The summed E-state index contributed by atoms with van der Waals surface area (Å²) < 4.78 is 0. The lowest BCUT2D eigenvalue weighted by Gasteiger charge is -2.12. The summed E-state index contributed by atoms with van der Waals surface area (Å²) in [5, 5.41) is 8.03. The van der Waals surface area contributed by atoms with E-state index in [-0.39, 0.29) is 30.4 Å². The van der Waals surface area contributed by atoms with E-state index in [2.05, 4.69) is 10.3 Å². The van der Waals surface area contributed by atoms with Gasteiger partial charge in [-0.25, -0.2) is 9.59 Å². The fraction of sp³-hybridized carbons (Fsp3) is 0.158. The number of amides is 2. The van der Waals surface area contributed by atoms with Gasteiger partial charge in [0, 0.05) is 12.8 Å². The fourth-order valence-corrected chi connectivity index (χ4v) is 2.83. The lowest BCUT2D eigenvalue weighted by atomic mass is 10.1. The zero-order valence-corrected chi connectivity index (χ0v) is 15.0. The van der Waals surface area contributed by atoms with E-state index in [1.165, 1.54) is 12.1 Å². The first-order valence-corrected chi connectivity index (χ1v) is 8.75. The summed E-state index contributed by atoms with van der Waals surface area (Å²) in [4.78, 5) is 59.2. The maximum atomic E-state index is 12.1. The standard InChI is InChI=1S/C19H14N4O6/c24-16(28-22-18(26)12-6-1-2-7-13(12)19(22)27)10-5-11-17(25)29-23-15-9-4-3-8-14(15)20-21-23/h1-4,6-9H,5,10-11H2. The molecule has 0 fully saturated rings. The van der Waals surface area contributed by atoms with E-state index in [1.54, 1.807) is 36.4 Å². The molecule has 0 unspecified atom stereocenters. The van der Waals surface area contributed by atoms with E-state index in [1.807, 2.05) is 0 Å². The number of imide groups is 1. The minimum Gasteiger partial charge on any atom is -0.330 e. The van der Waals surface area contributed by atoms with Crippen molar-refractivity contribution in [3.8, 4) is 0 Å². The van der Waals surface area contributed by atoms with Crippen molar-refractivity contribution in [1.82, 2.24) is 20.2 Å². The van der Waals surface area contributed by atoms with E-state index in [4.69, 9.17) is 9.68 Å². The Bertz CT molecular complexity index is 1100. The molecule has 0 atom stereocenters. The van der Waals surface area contributed by atoms with Crippen LogP contribution in [0.5, 0.6) is 0 Å². The van der Waals surface area contributed by atoms with Gasteiger partial charge in [-0.2, -0.15) is 0 Å². The highest BCUT2D eigenvalue weighted by Crippen LogP contribution is 2.23. The number of nitrogens with zero attached hydrogens (tertiary/aromatic N) is 4. The molecule has 0 spiro atoms. The van der Waals surface area contributed by atoms with Gasteiger partial charge in [-0.05, 0) is 35.9 Å². The second-order valence-electron chi connectivity index (χ2n) is 6.18. The average molecular weight is 394 g/mol. The fourth-order valence-electron chi connectivity index (χ4n) is 2.83. The van der Waals surface area contributed by atoms with Gasteiger partial charge in [0.2, 0.25) is 0 Å². The number of fused-ring (bicyclic) bond motifs is 2. The van der Waals surface area contributed by atoms with Crippen molar-refractivity contribution in [3.05, 3.63) is 59.7 Å². The van der Waals surface area contributed by atoms with Crippen LogP contribution < -0.4 is 4.84 Å². The normalized spacial score (nSPS) is 12.9. The first kappa shape index (κ1) is 18.3. The Morgan fingerprint density at radius 2 is 1.41 bits per heavy atom. The summed E-state index contributed by atoms with van der Waals surface area (Å²) in [5.74, 6) is -2.82. The third-order valence-corrected chi connectivity index (χ3v) is 4.22. The molecule has 10 nitrogen and oxygen atoms in total. The molecule has 1 aliphatic rings. The van der Waals surface area contributed by atoms with Crippen LogP contribution in [0.15, 0.2) is 48.5 Å². The van der Waals surface area contributed by atoms with Crippen LogP contribution >= 0.6 is 0 Å². The molecular formula is C19H14N4O6. The molecule has 0 N–H and O–H groups in total. The maximum Gasteiger partial charge on any atom is 0.335 e. The van der Waals surface area contributed by atoms with Crippen LogP contribution in [0.3, 0.4) is 0 Å². The largest absolute Gasteiger partial charge is 0.335 e. The molecule has 4 rings (SSSR count). The first-order chi connectivity index (χ1) is 14.0. The average Bonchev–Trinajstić information content (AvgIpc) is 3.23. The molecule has 29 heavy (non-hydrogen) atoms. The number of hydrogen-bond acceptors (Lipinski definition) is 8. The first-order valence-electron chi connectivity index (χ1n) is 8.75.